The van der Waals surface area contributed by atoms with E-state index in [2.05, 4.69) is 56.5 Å². The van der Waals surface area contributed by atoms with Crippen molar-refractivity contribution in [2.45, 2.75) is 65.3 Å². The van der Waals surface area contributed by atoms with Crippen LogP contribution in [0.4, 0.5) is 10.5 Å². The lowest BCUT2D eigenvalue weighted by atomic mass is 9.92. The molecule has 25 heavy (non-hydrogen) atoms. The number of hydrogen-bond acceptors (Lipinski definition) is 2. The Bertz CT molecular complexity index is 595. The molecule has 5 nitrogen and oxygen atoms in total. The molecule has 0 aliphatic heterocycles. The van der Waals surface area contributed by atoms with E-state index in [0.717, 1.165) is 18.5 Å². The summed E-state index contributed by atoms with van der Waals surface area (Å²) in [7, 11) is 0. The molecule has 0 atom stereocenters. The number of nitrogens with one attached hydrogen (secondary N) is 2. The number of amides is 3. The van der Waals surface area contributed by atoms with E-state index in [9.17, 15) is 9.59 Å². The molecule has 0 unspecified atom stereocenters. The summed E-state index contributed by atoms with van der Waals surface area (Å²) in [6, 6.07) is 6.43. The lowest BCUT2D eigenvalue weighted by Crippen LogP contribution is -2.42. The molecule has 0 bridgehead atoms. The van der Waals surface area contributed by atoms with E-state index in [1.54, 1.807) is 6.92 Å². The highest BCUT2D eigenvalue weighted by molar-refractivity contribution is 5.93. The first-order valence-corrected chi connectivity index (χ1v) is 9.26. The summed E-state index contributed by atoms with van der Waals surface area (Å²) in [5.74, 6) is 0.641. The number of carbonyl (C=O) groups excluding carboxylic acids is 2. The van der Waals surface area contributed by atoms with Gasteiger partial charge < -0.3 is 15.5 Å². The number of urea groups is 1. The van der Waals surface area contributed by atoms with Crippen LogP contribution in [0.1, 0.15) is 70.4 Å². The van der Waals surface area contributed by atoms with Crippen molar-refractivity contribution < 1.29 is 9.59 Å². The quantitative estimate of drug-likeness (QED) is 0.790. The van der Waals surface area contributed by atoms with Gasteiger partial charge in [0.25, 0.3) is 0 Å². The molecule has 1 aromatic rings. The average molecular weight is 345 g/mol. The Morgan fingerprint density at radius 1 is 1.12 bits per heavy atom. The van der Waals surface area contributed by atoms with E-state index in [-0.39, 0.29) is 11.9 Å². The number of nitrogens with zero attached hydrogens (tertiary/aromatic N) is 1. The molecule has 2 N–H and O–H groups in total. The highest BCUT2D eigenvalue weighted by atomic mass is 16.2. The van der Waals surface area contributed by atoms with Gasteiger partial charge in [-0.05, 0) is 35.8 Å². The second-order valence-electron chi connectivity index (χ2n) is 7.44. The van der Waals surface area contributed by atoms with Gasteiger partial charge in [0.05, 0.1) is 5.69 Å². The second kappa shape index (κ2) is 8.37. The van der Waals surface area contributed by atoms with Crippen LogP contribution in [0.2, 0.25) is 0 Å². The predicted molar refractivity (Wildman–Crippen MR) is 102 cm³/mol. The summed E-state index contributed by atoms with van der Waals surface area (Å²) in [6.45, 7) is 11.1. The van der Waals surface area contributed by atoms with Gasteiger partial charge in [0.15, 0.2) is 0 Å². The predicted octanol–water partition coefficient (Wildman–Crippen LogP) is 3.75. The van der Waals surface area contributed by atoms with Crippen molar-refractivity contribution in [2.24, 2.45) is 0 Å². The molecular formula is C20H31N3O2. The Morgan fingerprint density at radius 3 is 2.12 bits per heavy atom. The average Bonchev–Trinajstić information content (AvgIpc) is 3.34. The molecule has 0 heterocycles. The summed E-state index contributed by atoms with van der Waals surface area (Å²) in [5.41, 5.74) is 3.34. The van der Waals surface area contributed by atoms with Crippen LogP contribution in [-0.2, 0) is 4.79 Å². The van der Waals surface area contributed by atoms with Crippen molar-refractivity contribution in [3.63, 3.8) is 0 Å². The van der Waals surface area contributed by atoms with Gasteiger partial charge in [-0.3, -0.25) is 4.79 Å². The van der Waals surface area contributed by atoms with Crippen LogP contribution >= 0.6 is 0 Å². The van der Waals surface area contributed by atoms with Gasteiger partial charge in [0.1, 0.15) is 0 Å². The van der Waals surface area contributed by atoms with Crippen molar-refractivity contribution in [3.05, 3.63) is 29.3 Å². The largest absolute Gasteiger partial charge is 0.336 e. The number of carbonyl (C=O) groups is 2. The van der Waals surface area contributed by atoms with Crippen LogP contribution in [-0.4, -0.2) is 31.1 Å². The Morgan fingerprint density at radius 2 is 1.68 bits per heavy atom. The fraction of sp³-hybridized carbons (Fsp3) is 0.600. The van der Waals surface area contributed by atoms with Gasteiger partial charge in [-0.1, -0.05) is 45.9 Å². The lowest BCUT2D eigenvalue weighted by Gasteiger charge is -2.29. The zero-order chi connectivity index (χ0) is 18.6. The molecule has 2 rings (SSSR count). The van der Waals surface area contributed by atoms with Gasteiger partial charge in [-0.25, -0.2) is 4.79 Å². The molecule has 1 fully saturated rings. The van der Waals surface area contributed by atoms with Crippen LogP contribution in [0.25, 0.3) is 0 Å². The molecule has 3 amide bonds. The van der Waals surface area contributed by atoms with Gasteiger partial charge in [0.2, 0.25) is 5.91 Å². The highest BCUT2D eigenvalue weighted by Gasteiger charge is 2.24. The number of para-hydroxylation sites is 1. The van der Waals surface area contributed by atoms with Crippen molar-refractivity contribution >= 4 is 17.6 Å². The molecule has 0 saturated heterocycles. The Kier molecular flexibility index (Phi) is 6.45. The van der Waals surface area contributed by atoms with Crippen LogP contribution in [0.3, 0.4) is 0 Å². The standard InChI is InChI=1S/C20H31N3O2/c1-13(2)17-7-6-8-18(14(3)4)19(17)23(15(5)24)12-11-21-20(25)22-16-9-10-16/h6-8,13-14,16H,9-12H2,1-5H3,(H2,21,22,25). The number of hydrogen-bond donors (Lipinski definition) is 2. The molecule has 0 spiro atoms. The molecule has 1 aromatic carbocycles. The van der Waals surface area contributed by atoms with Gasteiger partial charge in [-0.15, -0.1) is 0 Å². The third kappa shape index (κ3) is 5.21. The summed E-state index contributed by atoms with van der Waals surface area (Å²) in [5, 5.41) is 5.76. The molecule has 138 valence electrons. The van der Waals surface area contributed by atoms with E-state index in [1.165, 1.54) is 11.1 Å². The van der Waals surface area contributed by atoms with E-state index in [1.807, 2.05) is 4.90 Å². The number of rotatable bonds is 7. The molecule has 5 heteroatoms. The van der Waals surface area contributed by atoms with E-state index < -0.39 is 0 Å². The minimum atomic E-state index is -0.146. The van der Waals surface area contributed by atoms with Gasteiger partial charge in [-0.2, -0.15) is 0 Å². The first-order chi connectivity index (χ1) is 11.8. The maximum Gasteiger partial charge on any atom is 0.315 e. The molecule has 0 aromatic heterocycles. The molecule has 1 aliphatic rings. The van der Waals surface area contributed by atoms with E-state index in [4.69, 9.17) is 0 Å². The first-order valence-electron chi connectivity index (χ1n) is 9.26. The summed E-state index contributed by atoms with van der Waals surface area (Å²) in [4.78, 5) is 26.0. The molecule has 1 saturated carbocycles. The maximum absolute atomic E-state index is 12.4. The summed E-state index contributed by atoms with van der Waals surface area (Å²) >= 11 is 0. The van der Waals surface area contributed by atoms with E-state index in [0.29, 0.717) is 31.0 Å². The third-order valence-electron chi connectivity index (χ3n) is 4.53. The third-order valence-corrected chi connectivity index (χ3v) is 4.53. The second-order valence-corrected chi connectivity index (χ2v) is 7.44. The lowest BCUT2D eigenvalue weighted by molar-refractivity contribution is -0.116. The fourth-order valence-electron chi connectivity index (χ4n) is 3.00. The zero-order valence-electron chi connectivity index (χ0n) is 16.1. The topological polar surface area (TPSA) is 61.4 Å². The number of benzene rings is 1. The minimum Gasteiger partial charge on any atom is -0.336 e. The normalized spacial score (nSPS) is 13.9. The summed E-state index contributed by atoms with van der Waals surface area (Å²) in [6.07, 6.45) is 2.12. The van der Waals surface area contributed by atoms with Gasteiger partial charge >= 0.3 is 6.03 Å². The van der Waals surface area contributed by atoms with Crippen LogP contribution in [0, 0.1) is 0 Å². The molecule has 0 radical (unpaired) electrons. The SMILES string of the molecule is CC(=O)N(CCNC(=O)NC1CC1)c1c(C(C)C)cccc1C(C)C. The van der Waals surface area contributed by atoms with Crippen LogP contribution < -0.4 is 15.5 Å². The van der Waals surface area contributed by atoms with Crippen LogP contribution in [0.15, 0.2) is 18.2 Å². The van der Waals surface area contributed by atoms with Gasteiger partial charge in [0, 0.05) is 26.1 Å². The number of anilines is 1. The Hall–Kier alpha value is -2.04. The Labute approximate surface area is 151 Å². The monoisotopic (exact) mass is 345 g/mol. The minimum absolute atomic E-state index is 0.000555. The highest BCUT2D eigenvalue weighted by Crippen LogP contribution is 2.35. The summed E-state index contributed by atoms with van der Waals surface area (Å²) < 4.78 is 0. The molecule has 1 aliphatic carbocycles. The van der Waals surface area contributed by atoms with Crippen molar-refractivity contribution in [2.75, 3.05) is 18.0 Å². The van der Waals surface area contributed by atoms with Crippen molar-refractivity contribution in [1.29, 1.82) is 0 Å². The van der Waals surface area contributed by atoms with E-state index >= 15 is 0 Å². The molecular weight excluding hydrogens is 314 g/mol. The first kappa shape index (κ1) is 19.3. The van der Waals surface area contributed by atoms with Crippen molar-refractivity contribution in [1.82, 2.24) is 10.6 Å². The maximum atomic E-state index is 12.4. The van der Waals surface area contributed by atoms with Crippen LogP contribution in [0.5, 0.6) is 0 Å². The smallest absolute Gasteiger partial charge is 0.315 e. The Balaban J connectivity index is 2.17. The fourth-order valence-corrected chi connectivity index (χ4v) is 3.00. The van der Waals surface area contributed by atoms with Crippen molar-refractivity contribution in [3.8, 4) is 0 Å². The zero-order valence-corrected chi connectivity index (χ0v) is 16.1.